The van der Waals surface area contributed by atoms with Crippen LogP contribution in [0.25, 0.3) is 0 Å². The molecule has 0 bridgehead atoms. The molecular formula is C14H19N3O5. The average Bonchev–Trinajstić information content (AvgIpc) is 2.51. The number of non-ortho nitro benzene ring substituents is 1. The van der Waals surface area contributed by atoms with Gasteiger partial charge >= 0.3 is 5.97 Å². The molecule has 8 nitrogen and oxygen atoms in total. The van der Waals surface area contributed by atoms with Crippen molar-refractivity contribution in [1.82, 2.24) is 0 Å². The second kappa shape index (κ2) is 7.51. The van der Waals surface area contributed by atoms with E-state index in [1.165, 1.54) is 6.07 Å². The fourth-order valence-electron chi connectivity index (χ4n) is 1.76. The van der Waals surface area contributed by atoms with Gasteiger partial charge in [0.05, 0.1) is 23.6 Å². The third-order valence-corrected chi connectivity index (χ3v) is 3.38. The van der Waals surface area contributed by atoms with Gasteiger partial charge in [-0.2, -0.15) is 0 Å². The highest BCUT2D eigenvalue weighted by atomic mass is 16.6. The number of anilines is 1. The lowest BCUT2D eigenvalue weighted by Crippen LogP contribution is -2.40. The highest BCUT2D eigenvalue weighted by Crippen LogP contribution is 2.22. The second-order valence-electron chi connectivity index (χ2n) is 4.92. The summed E-state index contributed by atoms with van der Waals surface area (Å²) in [7, 11) is 1.16. The maximum atomic E-state index is 12.0. The third kappa shape index (κ3) is 4.26. The standard InChI is InChI=1S/C14H19N3O5/c1-4-8(2)12(15)13(18)16-10-5-9(14(19)22-3)6-11(7-10)17(20)21/h5-8,12H,4,15H2,1-3H3,(H,16,18). The van der Waals surface area contributed by atoms with Gasteiger partial charge in [0.15, 0.2) is 0 Å². The number of esters is 1. The Morgan fingerprint density at radius 3 is 2.55 bits per heavy atom. The summed E-state index contributed by atoms with van der Waals surface area (Å²) in [5, 5.41) is 13.4. The average molecular weight is 309 g/mol. The van der Waals surface area contributed by atoms with Gasteiger partial charge in [-0.25, -0.2) is 4.79 Å². The van der Waals surface area contributed by atoms with Gasteiger partial charge in [-0.15, -0.1) is 0 Å². The molecule has 0 aromatic heterocycles. The molecule has 1 aromatic carbocycles. The van der Waals surface area contributed by atoms with Crippen LogP contribution in [0, 0.1) is 16.0 Å². The number of nitrogens with one attached hydrogen (secondary N) is 1. The molecule has 1 rings (SSSR count). The molecule has 0 spiro atoms. The van der Waals surface area contributed by atoms with Crippen molar-refractivity contribution >= 4 is 23.3 Å². The van der Waals surface area contributed by atoms with E-state index < -0.39 is 22.8 Å². The zero-order valence-corrected chi connectivity index (χ0v) is 12.7. The SMILES string of the molecule is CCC(C)C(N)C(=O)Nc1cc(C(=O)OC)cc([N+](=O)[O-])c1. The van der Waals surface area contributed by atoms with Crippen LogP contribution in [0.4, 0.5) is 11.4 Å². The Morgan fingerprint density at radius 1 is 1.41 bits per heavy atom. The summed E-state index contributed by atoms with van der Waals surface area (Å²) in [6.07, 6.45) is 0.719. The van der Waals surface area contributed by atoms with Crippen molar-refractivity contribution in [3.63, 3.8) is 0 Å². The van der Waals surface area contributed by atoms with Crippen molar-refractivity contribution in [2.45, 2.75) is 26.3 Å². The van der Waals surface area contributed by atoms with E-state index in [1.54, 1.807) is 0 Å². The van der Waals surface area contributed by atoms with E-state index in [4.69, 9.17) is 5.73 Å². The smallest absolute Gasteiger partial charge is 0.338 e. The predicted molar refractivity (Wildman–Crippen MR) is 80.5 cm³/mol. The van der Waals surface area contributed by atoms with E-state index in [-0.39, 0.29) is 22.9 Å². The molecule has 0 radical (unpaired) electrons. The summed E-state index contributed by atoms with van der Waals surface area (Å²) >= 11 is 0. The van der Waals surface area contributed by atoms with E-state index in [2.05, 4.69) is 10.1 Å². The van der Waals surface area contributed by atoms with Crippen molar-refractivity contribution < 1.29 is 19.2 Å². The molecule has 0 saturated carbocycles. The zero-order chi connectivity index (χ0) is 16.9. The highest BCUT2D eigenvalue weighted by Gasteiger charge is 2.21. The fourth-order valence-corrected chi connectivity index (χ4v) is 1.76. The van der Waals surface area contributed by atoms with Gasteiger partial charge in [0, 0.05) is 17.8 Å². The number of nitrogens with zero attached hydrogens (tertiary/aromatic N) is 1. The van der Waals surface area contributed by atoms with Crippen LogP contribution in [0.15, 0.2) is 18.2 Å². The molecule has 0 heterocycles. The summed E-state index contributed by atoms with van der Waals surface area (Å²) in [6.45, 7) is 3.73. The van der Waals surface area contributed by atoms with Crippen LogP contribution >= 0.6 is 0 Å². The first-order valence-corrected chi connectivity index (χ1v) is 6.74. The molecule has 0 aliphatic rings. The van der Waals surface area contributed by atoms with Crippen molar-refractivity contribution in [2.75, 3.05) is 12.4 Å². The van der Waals surface area contributed by atoms with E-state index in [0.717, 1.165) is 25.7 Å². The molecule has 2 atom stereocenters. The molecule has 1 aromatic rings. The number of carbonyl (C=O) groups is 2. The number of carbonyl (C=O) groups excluding carboxylic acids is 2. The van der Waals surface area contributed by atoms with E-state index >= 15 is 0 Å². The number of hydrogen-bond acceptors (Lipinski definition) is 6. The van der Waals surface area contributed by atoms with E-state index in [9.17, 15) is 19.7 Å². The van der Waals surface area contributed by atoms with Gasteiger partial charge in [0.1, 0.15) is 0 Å². The molecule has 1 amide bonds. The largest absolute Gasteiger partial charge is 0.465 e. The van der Waals surface area contributed by atoms with Gasteiger partial charge in [-0.3, -0.25) is 14.9 Å². The first kappa shape index (κ1) is 17.6. The summed E-state index contributed by atoms with van der Waals surface area (Å²) in [4.78, 5) is 33.8. The Balaban J connectivity index is 3.08. The number of nitro benzene ring substituents is 1. The summed E-state index contributed by atoms with van der Waals surface area (Å²) in [6, 6.07) is 2.80. The Bertz CT molecular complexity index is 588. The normalized spacial score (nSPS) is 13.1. The van der Waals surface area contributed by atoms with Crippen molar-refractivity contribution in [1.29, 1.82) is 0 Å². The maximum Gasteiger partial charge on any atom is 0.338 e. The monoisotopic (exact) mass is 309 g/mol. The van der Waals surface area contributed by atoms with Gasteiger partial charge < -0.3 is 15.8 Å². The molecule has 8 heteroatoms. The Morgan fingerprint density at radius 2 is 2.05 bits per heavy atom. The minimum Gasteiger partial charge on any atom is -0.465 e. The van der Waals surface area contributed by atoms with E-state index in [1.807, 2.05) is 13.8 Å². The summed E-state index contributed by atoms with van der Waals surface area (Å²) in [5.74, 6) is -1.24. The van der Waals surface area contributed by atoms with Crippen LogP contribution in [-0.4, -0.2) is 30.0 Å². The van der Waals surface area contributed by atoms with Gasteiger partial charge in [0.25, 0.3) is 5.69 Å². The molecule has 120 valence electrons. The lowest BCUT2D eigenvalue weighted by atomic mass is 9.99. The summed E-state index contributed by atoms with van der Waals surface area (Å²) < 4.78 is 4.54. The fraction of sp³-hybridized carbons (Fsp3) is 0.429. The molecule has 3 N–H and O–H groups in total. The molecule has 2 unspecified atom stereocenters. The minimum atomic E-state index is -0.745. The molecule has 0 aliphatic heterocycles. The van der Waals surface area contributed by atoms with Crippen LogP contribution < -0.4 is 11.1 Å². The maximum absolute atomic E-state index is 12.0. The van der Waals surface area contributed by atoms with Crippen LogP contribution in [0.2, 0.25) is 0 Å². The van der Waals surface area contributed by atoms with Gasteiger partial charge in [-0.1, -0.05) is 20.3 Å². The molecular weight excluding hydrogens is 290 g/mol. The minimum absolute atomic E-state index is 0.0240. The lowest BCUT2D eigenvalue weighted by Gasteiger charge is -2.17. The number of benzene rings is 1. The van der Waals surface area contributed by atoms with Crippen LogP contribution in [0.5, 0.6) is 0 Å². The van der Waals surface area contributed by atoms with Crippen molar-refractivity contribution in [3.8, 4) is 0 Å². The summed E-state index contributed by atoms with van der Waals surface area (Å²) in [5.41, 5.74) is 5.58. The number of amides is 1. The number of ether oxygens (including phenoxy) is 1. The lowest BCUT2D eigenvalue weighted by molar-refractivity contribution is -0.384. The molecule has 22 heavy (non-hydrogen) atoms. The number of hydrogen-bond donors (Lipinski definition) is 2. The van der Waals surface area contributed by atoms with Crippen LogP contribution in [0.3, 0.4) is 0 Å². The number of methoxy groups -OCH3 is 1. The van der Waals surface area contributed by atoms with Crippen LogP contribution in [0.1, 0.15) is 30.6 Å². The quantitative estimate of drug-likeness (QED) is 0.468. The zero-order valence-electron chi connectivity index (χ0n) is 12.7. The van der Waals surface area contributed by atoms with Crippen molar-refractivity contribution in [3.05, 3.63) is 33.9 Å². The van der Waals surface area contributed by atoms with Gasteiger partial charge in [0.2, 0.25) is 5.91 Å². The molecule has 0 aliphatic carbocycles. The Hall–Kier alpha value is -2.48. The highest BCUT2D eigenvalue weighted by molar-refractivity contribution is 5.97. The first-order chi connectivity index (χ1) is 10.3. The number of nitrogens with two attached hydrogens (primary N) is 1. The van der Waals surface area contributed by atoms with E-state index in [0.29, 0.717) is 0 Å². The first-order valence-electron chi connectivity index (χ1n) is 6.74. The predicted octanol–water partition coefficient (Wildman–Crippen LogP) is 1.69. The Kier molecular flexibility index (Phi) is 6.00. The van der Waals surface area contributed by atoms with Crippen molar-refractivity contribution in [2.24, 2.45) is 11.7 Å². The second-order valence-corrected chi connectivity index (χ2v) is 4.92. The molecule has 0 fully saturated rings. The van der Waals surface area contributed by atoms with Gasteiger partial charge in [-0.05, 0) is 12.0 Å². The number of nitro groups is 1. The molecule has 0 saturated heterocycles. The Labute approximate surface area is 127 Å². The number of rotatable bonds is 6. The van der Waals surface area contributed by atoms with Crippen LogP contribution in [-0.2, 0) is 9.53 Å². The third-order valence-electron chi connectivity index (χ3n) is 3.38. The topological polar surface area (TPSA) is 125 Å².